The van der Waals surface area contributed by atoms with Crippen LogP contribution in [0.3, 0.4) is 0 Å². The van der Waals surface area contributed by atoms with Gasteiger partial charge in [0.1, 0.15) is 19.0 Å². The average molecular weight is 618 g/mol. The molecule has 0 spiro atoms. The number of hydrogen-bond donors (Lipinski definition) is 0. The van der Waals surface area contributed by atoms with E-state index in [1.165, 1.54) is 94.6 Å². The molecule has 0 atom stereocenters. The monoisotopic (exact) mass is 617 g/mol. The number of esters is 1. The highest BCUT2D eigenvalue weighted by Gasteiger charge is 2.12. The van der Waals surface area contributed by atoms with E-state index < -0.39 is 0 Å². The molecule has 0 aromatic heterocycles. The van der Waals surface area contributed by atoms with Gasteiger partial charge >= 0.3 is 5.97 Å². The molecule has 45 heavy (non-hydrogen) atoms. The lowest BCUT2D eigenvalue weighted by atomic mass is 9.93. The number of benzene rings is 2. The zero-order valence-electron chi connectivity index (χ0n) is 29.3. The molecule has 0 saturated heterocycles. The molecule has 0 fully saturated rings. The summed E-state index contributed by atoms with van der Waals surface area (Å²) in [6.45, 7) is 11.7. The van der Waals surface area contributed by atoms with Crippen molar-refractivity contribution in [3.05, 3.63) is 71.3 Å². The molecule has 0 saturated carbocycles. The fourth-order valence-electron chi connectivity index (χ4n) is 5.53. The number of aliphatic imine (C=N–C) groups is 1. The second-order valence-corrected chi connectivity index (χ2v) is 13.0. The van der Waals surface area contributed by atoms with E-state index in [-0.39, 0.29) is 12.6 Å². The molecule has 2 rings (SSSR count). The van der Waals surface area contributed by atoms with Crippen molar-refractivity contribution < 1.29 is 14.3 Å². The van der Waals surface area contributed by atoms with E-state index >= 15 is 0 Å². The number of carbonyl (C=O) groups is 1. The number of ether oxygens (including phenoxy) is 2. The fourth-order valence-corrected chi connectivity index (χ4v) is 5.53. The molecular formula is C41H63NO3. The highest BCUT2D eigenvalue weighted by Crippen LogP contribution is 2.34. The molecule has 4 heteroatoms. The molecule has 0 aliphatic heterocycles. The van der Waals surface area contributed by atoms with E-state index in [9.17, 15) is 4.79 Å². The van der Waals surface area contributed by atoms with Crippen molar-refractivity contribution in [2.45, 2.75) is 149 Å². The van der Waals surface area contributed by atoms with Crippen LogP contribution in [0, 0.1) is 0 Å². The summed E-state index contributed by atoms with van der Waals surface area (Å²) >= 11 is 0. The van der Waals surface area contributed by atoms with E-state index in [0.29, 0.717) is 24.9 Å². The quantitative estimate of drug-likeness (QED) is 0.0482. The second-order valence-electron chi connectivity index (χ2n) is 13.0. The van der Waals surface area contributed by atoms with Crippen LogP contribution in [0.25, 0.3) is 0 Å². The fraction of sp³-hybridized carbons (Fsp3) is 0.610. The number of nitrogens with zero attached hydrogens (tertiary/aromatic N) is 1. The minimum absolute atomic E-state index is 0.125. The summed E-state index contributed by atoms with van der Waals surface area (Å²) < 4.78 is 11.2. The highest BCUT2D eigenvalue weighted by molar-refractivity contribution is 5.83. The molecule has 250 valence electrons. The summed E-state index contributed by atoms with van der Waals surface area (Å²) in [6.07, 6.45) is 26.3. The summed E-state index contributed by atoms with van der Waals surface area (Å²) in [6, 6.07) is 14.4. The summed E-state index contributed by atoms with van der Waals surface area (Å²) in [4.78, 5) is 17.0. The topological polar surface area (TPSA) is 47.9 Å². The van der Waals surface area contributed by atoms with Gasteiger partial charge in [0.2, 0.25) is 0 Å². The Labute approximate surface area is 276 Å². The van der Waals surface area contributed by atoms with Gasteiger partial charge in [-0.25, -0.2) is 0 Å². The third-order valence-corrected chi connectivity index (χ3v) is 8.32. The van der Waals surface area contributed by atoms with Gasteiger partial charge in [0, 0.05) is 12.6 Å². The molecule has 0 aliphatic carbocycles. The number of allylic oxidation sites excluding steroid dienone is 2. The summed E-state index contributed by atoms with van der Waals surface area (Å²) in [5.74, 6) is 1.47. The van der Waals surface area contributed by atoms with Gasteiger partial charge < -0.3 is 9.47 Å². The van der Waals surface area contributed by atoms with Crippen molar-refractivity contribution in [1.29, 1.82) is 0 Å². The highest BCUT2D eigenvalue weighted by atomic mass is 16.6. The van der Waals surface area contributed by atoms with Crippen LogP contribution in [0.1, 0.15) is 166 Å². The minimum Gasteiger partial charge on any atom is -0.490 e. The van der Waals surface area contributed by atoms with Gasteiger partial charge in [0.25, 0.3) is 0 Å². The molecule has 0 bridgehead atoms. The Morgan fingerprint density at radius 3 is 1.78 bits per heavy atom. The Morgan fingerprint density at radius 2 is 1.22 bits per heavy atom. The van der Waals surface area contributed by atoms with E-state index in [1.807, 2.05) is 30.5 Å². The smallest absolute Gasteiger partial charge is 0.305 e. The first-order valence-electron chi connectivity index (χ1n) is 18.1. The standard InChI is InChI=1S/C41H63NO3/c1-6-7-8-9-10-11-12-13-14-15-16-17-18-19-20-21-22-26-40(43)45-32-31-44-37-29-27-36(28-30-37)33-42-41-38(34(2)3)24-23-25-39(41)35(4)5/h13-14,23-25,27-30,33-35H,6-12,15-22,26,31-32H2,1-5H3/b14-13+,42-33?. The first-order chi connectivity index (χ1) is 21.9. The summed E-state index contributed by atoms with van der Waals surface area (Å²) in [5.41, 5.74) is 4.65. The van der Waals surface area contributed by atoms with Gasteiger partial charge in [-0.1, -0.05) is 129 Å². The van der Waals surface area contributed by atoms with Crippen molar-refractivity contribution >= 4 is 17.9 Å². The van der Waals surface area contributed by atoms with Crippen molar-refractivity contribution in [3.8, 4) is 5.75 Å². The van der Waals surface area contributed by atoms with Gasteiger partial charge in [-0.3, -0.25) is 9.79 Å². The number of para-hydroxylation sites is 1. The van der Waals surface area contributed by atoms with Gasteiger partial charge in [-0.2, -0.15) is 0 Å². The number of unbranched alkanes of at least 4 members (excludes halogenated alkanes) is 13. The molecule has 0 radical (unpaired) electrons. The first kappa shape index (κ1) is 38.3. The van der Waals surface area contributed by atoms with Gasteiger partial charge in [-0.15, -0.1) is 0 Å². The zero-order chi connectivity index (χ0) is 32.5. The van der Waals surface area contributed by atoms with Crippen molar-refractivity contribution in [2.75, 3.05) is 13.2 Å². The number of hydrogen-bond acceptors (Lipinski definition) is 4. The first-order valence-corrected chi connectivity index (χ1v) is 18.1. The Balaban J connectivity index is 1.50. The Morgan fingerprint density at radius 1 is 0.689 bits per heavy atom. The van der Waals surface area contributed by atoms with Crippen LogP contribution < -0.4 is 4.74 Å². The maximum Gasteiger partial charge on any atom is 0.305 e. The maximum absolute atomic E-state index is 12.1. The summed E-state index contributed by atoms with van der Waals surface area (Å²) in [5, 5.41) is 0. The van der Waals surface area contributed by atoms with Gasteiger partial charge in [-0.05, 0) is 84.9 Å². The van der Waals surface area contributed by atoms with E-state index in [1.54, 1.807) is 0 Å². The Bertz CT molecular complexity index is 1070. The molecule has 0 N–H and O–H groups in total. The largest absolute Gasteiger partial charge is 0.490 e. The van der Waals surface area contributed by atoms with E-state index in [4.69, 9.17) is 14.5 Å². The molecule has 0 unspecified atom stereocenters. The molecule has 0 aliphatic rings. The van der Waals surface area contributed by atoms with Crippen LogP contribution in [0.5, 0.6) is 5.75 Å². The van der Waals surface area contributed by atoms with E-state index in [0.717, 1.165) is 29.8 Å². The maximum atomic E-state index is 12.1. The third kappa shape index (κ3) is 17.4. The van der Waals surface area contributed by atoms with Crippen molar-refractivity contribution in [3.63, 3.8) is 0 Å². The molecule has 2 aromatic rings. The molecule has 4 nitrogen and oxygen atoms in total. The Kier molecular flexibility index (Phi) is 20.7. The predicted molar refractivity (Wildman–Crippen MR) is 193 cm³/mol. The van der Waals surface area contributed by atoms with Crippen molar-refractivity contribution in [2.24, 2.45) is 4.99 Å². The average Bonchev–Trinajstić information content (AvgIpc) is 3.03. The molecule has 0 amide bonds. The van der Waals surface area contributed by atoms with Gasteiger partial charge in [0.05, 0.1) is 5.69 Å². The lowest BCUT2D eigenvalue weighted by molar-refractivity contribution is -0.144. The van der Waals surface area contributed by atoms with Gasteiger partial charge in [0.15, 0.2) is 0 Å². The summed E-state index contributed by atoms with van der Waals surface area (Å²) in [7, 11) is 0. The van der Waals surface area contributed by atoms with Crippen LogP contribution in [0.15, 0.2) is 59.6 Å². The number of carbonyl (C=O) groups excluding carboxylic acids is 1. The second kappa shape index (κ2) is 24.4. The SMILES string of the molecule is CCCCCCCC/C=C/CCCCCCCCCC(=O)OCCOc1ccc(C=Nc2c(C(C)C)cccc2C(C)C)cc1. The normalized spacial score (nSPS) is 11.8. The predicted octanol–water partition coefficient (Wildman–Crippen LogP) is 12.4. The van der Waals surface area contributed by atoms with Crippen LogP contribution in [-0.4, -0.2) is 25.4 Å². The lowest BCUT2D eigenvalue weighted by Crippen LogP contribution is -2.12. The van der Waals surface area contributed by atoms with Crippen LogP contribution in [0.4, 0.5) is 5.69 Å². The molecular weight excluding hydrogens is 554 g/mol. The van der Waals surface area contributed by atoms with E-state index in [2.05, 4.69) is 65.0 Å². The lowest BCUT2D eigenvalue weighted by Gasteiger charge is -2.16. The van der Waals surface area contributed by atoms with Crippen LogP contribution >= 0.6 is 0 Å². The van der Waals surface area contributed by atoms with Crippen LogP contribution in [-0.2, 0) is 9.53 Å². The molecule has 2 aromatic carbocycles. The van der Waals surface area contributed by atoms with Crippen molar-refractivity contribution in [1.82, 2.24) is 0 Å². The third-order valence-electron chi connectivity index (χ3n) is 8.32. The number of rotatable bonds is 25. The zero-order valence-corrected chi connectivity index (χ0v) is 29.3. The van der Waals surface area contributed by atoms with Crippen LogP contribution in [0.2, 0.25) is 0 Å². The Hall–Kier alpha value is -2.88. The molecule has 0 heterocycles. The minimum atomic E-state index is -0.125.